The van der Waals surface area contributed by atoms with Gasteiger partial charge in [-0.2, -0.15) is 13.2 Å². The number of nitrogens with zero attached hydrogens (tertiary/aromatic N) is 2. The molecule has 0 aliphatic rings. The van der Waals surface area contributed by atoms with Crippen LogP contribution in [-0.4, -0.2) is 9.55 Å². The Labute approximate surface area is 179 Å². The van der Waals surface area contributed by atoms with Gasteiger partial charge in [-0.1, -0.05) is 41.9 Å². The van der Waals surface area contributed by atoms with Crippen LogP contribution in [0.3, 0.4) is 0 Å². The minimum absolute atomic E-state index is 0.114. The molecule has 0 N–H and O–H groups in total. The first-order chi connectivity index (χ1) is 14.3. The fraction of sp³-hybridized carbons (Fsp3) is 0.0909. The quantitative estimate of drug-likeness (QED) is 0.342. The monoisotopic (exact) mass is 446 g/mol. The lowest BCUT2D eigenvalue weighted by molar-refractivity contribution is -0.137. The lowest BCUT2D eigenvalue weighted by Gasteiger charge is -2.15. The summed E-state index contributed by atoms with van der Waals surface area (Å²) in [6, 6.07) is 18.7. The number of fused-ring (bicyclic) bond motifs is 1. The number of benzene rings is 3. The molecular weight excluding hydrogens is 433 g/mol. The summed E-state index contributed by atoms with van der Waals surface area (Å²) in [5.74, 6) is 0.586. The van der Waals surface area contributed by atoms with E-state index in [1.807, 2.05) is 12.1 Å². The smallest absolute Gasteiger partial charge is 0.268 e. The first-order valence-corrected chi connectivity index (χ1v) is 10.3. The van der Waals surface area contributed by atoms with Crippen molar-refractivity contribution >= 4 is 34.3 Å². The molecule has 0 amide bonds. The molecule has 3 nitrogen and oxygen atoms in total. The zero-order valence-electron chi connectivity index (χ0n) is 15.4. The van der Waals surface area contributed by atoms with E-state index in [0.29, 0.717) is 21.7 Å². The van der Waals surface area contributed by atoms with Crippen molar-refractivity contribution in [2.24, 2.45) is 0 Å². The van der Waals surface area contributed by atoms with Gasteiger partial charge in [0, 0.05) is 4.90 Å². The third kappa shape index (κ3) is 4.08. The molecule has 3 aromatic carbocycles. The van der Waals surface area contributed by atoms with Crippen molar-refractivity contribution in [3.63, 3.8) is 0 Å². The van der Waals surface area contributed by atoms with Gasteiger partial charge in [-0.05, 0) is 42.5 Å². The summed E-state index contributed by atoms with van der Waals surface area (Å²) in [4.78, 5) is 18.6. The van der Waals surface area contributed by atoms with Crippen LogP contribution in [0.5, 0.6) is 0 Å². The van der Waals surface area contributed by atoms with Gasteiger partial charge in [0.2, 0.25) is 0 Å². The molecule has 30 heavy (non-hydrogen) atoms. The molecule has 1 aromatic heterocycles. The molecule has 0 saturated carbocycles. The molecule has 8 heteroatoms. The molecule has 0 aliphatic heterocycles. The Hall–Kier alpha value is -2.77. The fourth-order valence-corrected chi connectivity index (χ4v) is 4.23. The molecular formula is C22H14ClF3N2OS. The van der Waals surface area contributed by atoms with E-state index < -0.39 is 17.3 Å². The maximum atomic E-state index is 13.2. The minimum atomic E-state index is -4.52. The first-order valence-electron chi connectivity index (χ1n) is 8.90. The number of halogens is 4. The summed E-state index contributed by atoms with van der Waals surface area (Å²) in [6.07, 6.45) is -4.52. The number of aromatic nitrogens is 2. The molecule has 0 saturated heterocycles. The van der Waals surface area contributed by atoms with Crippen LogP contribution in [0.1, 0.15) is 11.4 Å². The predicted molar refractivity (Wildman–Crippen MR) is 113 cm³/mol. The molecule has 0 unspecified atom stereocenters. The number of alkyl halides is 3. The van der Waals surface area contributed by atoms with Crippen molar-refractivity contribution < 1.29 is 13.2 Å². The van der Waals surface area contributed by atoms with E-state index in [4.69, 9.17) is 11.6 Å². The topological polar surface area (TPSA) is 34.9 Å². The largest absolute Gasteiger partial charge is 0.416 e. The van der Waals surface area contributed by atoms with Crippen LogP contribution < -0.4 is 5.56 Å². The summed E-state index contributed by atoms with van der Waals surface area (Å²) >= 11 is 7.57. The van der Waals surface area contributed by atoms with Crippen molar-refractivity contribution in [1.82, 2.24) is 9.55 Å². The van der Waals surface area contributed by atoms with E-state index >= 15 is 0 Å². The van der Waals surface area contributed by atoms with Gasteiger partial charge >= 0.3 is 6.18 Å². The number of para-hydroxylation sites is 1. The highest BCUT2D eigenvalue weighted by molar-refractivity contribution is 7.98. The molecule has 0 radical (unpaired) electrons. The number of thioether (sulfide) groups is 1. The van der Waals surface area contributed by atoms with Gasteiger partial charge < -0.3 is 0 Å². The summed E-state index contributed by atoms with van der Waals surface area (Å²) in [5.41, 5.74) is -0.650. The van der Waals surface area contributed by atoms with Crippen molar-refractivity contribution in [3.8, 4) is 5.69 Å². The van der Waals surface area contributed by atoms with Gasteiger partial charge in [0.25, 0.3) is 5.56 Å². The predicted octanol–water partition coefficient (Wildman–Crippen LogP) is 6.35. The lowest BCUT2D eigenvalue weighted by Crippen LogP contribution is -2.24. The standard InChI is InChI=1S/C22H14ClF3N2OS/c23-17-9-2-4-11-19(17)30-13-20-27-18-10-3-1-8-16(18)21(29)28(20)15-7-5-6-14(12-15)22(24,25)26/h1-12H,13H2. The normalized spacial score (nSPS) is 11.7. The number of hydrogen-bond donors (Lipinski definition) is 0. The van der Waals surface area contributed by atoms with Gasteiger partial charge in [-0.25, -0.2) is 4.98 Å². The molecule has 0 atom stereocenters. The lowest BCUT2D eigenvalue weighted by atomic mass is 10.2. The summed E-state index contributed by atoms with van der Waals surface area (Å²) in [6.45, 7) is 0. The molecule has 152 valence electrons. The molecule has 1 heterocycles. The van der Waals surface area contributed by atoms with E-state index in [0.717, 1.165) is 17.0 Å². The molecule has 0 spiro atoms. The van der Waals surface area contributed by atoms with Crippen LogP contribution in [-0.2, 0) is 11.9 Å². The Morgan fingerprint density at radius 3 is 2.47 bits per heavy atom. The maximum Gasteiger partial charge on any atom is 0.416 e. The van der Waals surface area contributed by atoms with Crippen LogP contribution >= 0.6 is 23.4 Å². The summed E-state index contributed by atoms with van der Waals surface area (Å²) in [5, 5.41) is 0.887. The first kappa shape index (κ1) is 20.5. The van der Waals surface area contributed by atoms with Gasteiger partial charge in [-0.15, -0.1) is 11.8 Å². The van der Waals surface area contributed by atoms with Gasteiger partial charge in [0.05, 0.1) is 32.9 Å². The van der Waals surface area contributed by atoms with Crippen molar-refractivity contribution in [2.75, 3.05) is 0 Å². The SMILES string of the molecule is O=c1c2ccccc2nc(CSc2ccccc2Cl)n1-c1cccc(C(F)(F)F)c1. The second-order valence-corrected chi connectivity index (χ2v) is 7.88. The van der Waals surface area contributed by atoms with E-state index in [1.165, 1.54) is 28.5 Å². The Morgan fingerprint density at radius 2 is 1.70 bits per heavy atom. The van der Waals surface area contributed by atoms with Crippen molar-refractivity contribution in [1.29, 1.82) is 0 Å². The van der Waals surface area contributed by atoms with Crippen LogP contribution in [0.15, 0.2) is 82.5 Å². The van der Waals surface area contributed by atoms with Crippen molar-refractivity contribution in [2.45, 2.75) is 16.8 Å². The highest BCUT2D eigenvalue weighted by atomic mass is 35.5. The van der Waals surface area contributed by atoms with Gasteiger partial charge in [0.15, 0.2) is 0 Å². The highest BCUT2D eigenvalue weighted by Crippen LogP contribution is 2.32. The summed E-state index contributed by atoms with van der Waals surface area (Å²) in [7, 11) is 0. The van der Waals surface area contributed by atoms with E-state index in [-0.39, 0.29) is 11.4 Å². The molecule has 4 rings (SSSR count). The van der Waals surface area contributed by atoms with Crippen LogP contribution in [0.2, 0.25) is 5.02 Å². The van der Waals surface area contributed by atoms with Crippen molar-refractivity contribution in [3.05, 3.63) is 99.6 Å². The third-order valence-electron chi connectivity index (χ3n) is 4.47. The summed E-state index contributed by atoms with van der Waals surface area (Å²) < 4.78 is 40.9. The molecule has 0 fully saturated rings. The molecule has 0 bridgehead atoms. The van der Waals surface area contributed by atoms with Gasteiger partial charge in [0.1, 0.15) is 5.82 Å². The molecule has 0 aliphatic carbocycles. The van der Waals surface area contributed by atoms with Crippen LogP contribution in [0, 0.1) is 0 Å². The Morgan fingerprint density at radius 1 is 0.967 bits per heavy atom. The van der Waals surface area contributed by atoms with Crippen LogP contribution in [0.4, 0.5) is 13.2 Å². The Balaban J connectivity index is 1.87. The zero-order chi connectivity index (χ0) is 21.3. The second-order valence-electron chi connectivity index (χ2n) is 6.45. The molecule has 4 aromatic rings. The van der Waals surface area contributed by atoms with Crippen LogP contribution in [0.25, 0.3) is 16.6 Å². The van der Waals surface area contributed by atoms with E-state index in [1.54, 1.807) is 36.4 Å². The fourth-order valence-electron chi connectivity index (χ4n) is 3.07. The number of hydrogen-bond acceptors (Lipinski definition) is 3. The zero-order valence-corrected chi connectivity index (χ0v) is 16.9. The third-order valence-corrected chi connectivity index (χ3v) is 5.98. The average molecular weight is 447 g/mol. The average Bonchev–Trinajstić information content (AvgIpc) is 2.73. The Kier molecular flexibility index (Phi) is 5.58. The van der Waals surface area contributed by atoms with E-state index in [9.17, 15) is 18.0 Å². The minimum Gasteiger partial charge on any atom is -0.268 e. The second kappa shape index (κ2) is 8.16. The number of rotatable bonds is 4. The highest BCUT2D eigenvalue weighted by Gasteiger charge is 2.30. The van der Waals surface area contributed by atoms with Gasteiger partial charge in [-0.3, -0.25) is 9.36 Å². The maximum absolute atomic E-state index is 13.2. The Bertz CT molecular complexity index is 1290. The van der Waals surface area contributed by atoms with E-state index in [2.05, 4.69) is 4.98 Å².